The number of methoxy groups -OCH3 is 1. The number of hydrogen-bond donors (Lipinski definition) is 1. The summed E-state index contributed by atoms with van der Waals surface area (Å²) in [4.78, 5) is 16.4. The van der Waals surface area contributed by atoms with Crippen LogP contribution in [0.1, 0.15) is 10.4 Å². The fourth-order valence-corrected chi connectivity index (χ4v) is 2.97. The second-order valence-electron chi connectivity index (χ2n) is 4.43. The average Bonchev–Trinajstić information content (AvgIpc) is 2.87. The molecule has 3 aromatic rings. The predicted molar refractivity (Wildman–Crippen MR) is 85.5 cm³/mol. The summed E-state index contributed by atoms with van der Waals surface area (Å²) < 4.78 is 19.7. The molecule has 0 saturated carbocycles. The largest absolute Gasteiger partial charge is 0.497 e. The number of nitrogens with zero attached hydrogens (tertiary/aromatic N) is 1. The van der Waals surface area contributed by atoms with E-state index in [1.165, 1.54) is 23.5 Å². The Morgan fingerprint density at radius 3 is 2.86 bits per heavy atom. The first-order valence-corrected chi connectivity index (χ1v) is 7.47. The fourth-order valence-electron chi connectivity index (χ4n) is 1.92. The highest BCUT2D eigenvalue weighted by Crippen LogP contribution is 2.29. The first-order valence-electron chi connectivity index (χ1n) is 6.28. The van der Waals surface area contributed by atoms with Gasteiger partial charge in [-0.15, -0.1) is 0 Å². The summed E-state index contributed by atoms with van der Waals surface area (Å²) in [7, 11) is 1.58. The Balaban J connectivity index is 1.87. The molecule has 1 N–H and O–H groups in total. The highest BCUT2D eigenvalue weighted by atomic mass is 35.5. The van der Waals surface area contributed by atoms with Crippen LogP contribution in [0.3, 0.4) is 0 Å². The number of halogens is 2. The van der Waals surface area contributed by atoms with E-state index in [1.54, 1.807) is 19.2 Å². The molecule has 0 unspecified atom stereocenters. The average molecular weight is 337 g/mol. The van der Waals surface area contributed by atoms with Crippen LogP contribution in [0.2, 0.25) is 5.02 Å². The van der Waals surface area contributed by atoms with Gasteiger partial charge in [-0.1, -0.05) is 22.9 Å². The van der Waals surface area contributed by atoms with Gasteiger partial charge >= 0.3 is 0 Å². The molecule has 0 aliphatic rings. The first kappa shape index (κ1) is 14.7. The highest BCUT2D eigenvalue weighted by Gasteiger charge is 2.14. The summed E-state index contributed by atoms with van der Waals surface area (Å²) in [5.41, 5.74) is 0.652. The summed E-state index contributed by atoms with van der Waals surface area (Å²) in [5.74, 6) is -0.536. The maximum absolute atomic E-state index is 13.7. The summed E-state index contributed by atoms with van der Waals surface area (Å²) >= 11 is 6.96. The maximum Gasteiger partial charge on any atom is 0.260 e. The van der Waals surface area contributed by atoms with Gasteiger partial charge < -0.3 is 4.74 Å². The summed E-state index contributed by atoms with van der Waals surface area (Å²) in [5, 5.41) is 3.22. The third-order valence-electron chi connectivity index (χ3n) is 2.99. The fraction of sp³-hybridized carbons (Fsp3) is 0.0667. The summed E-state index contributed by atoms with van der Waals surface area (Å²) in [6.45, 7) is 0. The normalized spacial score (nSPS) is 10.7. The molecular weight excluding hydrogens is 327 g/mol. The zero-order valence-electron chi connectivity index (χ0n) is 11.4. The van der Waals surface area contributed by atoms with Crippen LogP contribution in [0.15, 0.2) is 36.4 Å². The van der Waals surface area contributed by atoms with Crippen molar-refractivity contribution in [3.8, 4) is 5.75 Å². The van der Waals surface area contributed by atoms with Gasteiger partial charge in [0.15, 0.2) is 5.13 Å². The standard InChI is InChI=1S/C15H10ClFN2O2S/c1-21-9-3-5-12-13(7-9)22-15(18-12)19-14(20)10-4-2-8(16)6-11(10)17/h2-7H,1H3,(H,18,19,20). The number of carbonyl (C=O) groups excluding carboxylic acids is 1. The van der Waals surface area contributed by atoms with E-state index in [9.17, 15) is 9.18 Å². The van der Waals surface area contributed by atoms with E-state index in [1.807, 2.05) is 6.07 Å². The summed E-state index contributed by atoms with van der Waals surface area (Å²) in [6.07, 6.45) is 0. The Morgan fingerprint density at radius 2 is 2.14 bits per heavy atom. The molecule has 0 aliphatic heterocycles. The molecular formula is C15H10ClFN2O2S. The number of amides is 1. The van der Waals surface area contributed by atoms with Crippen molar-refractivity contribution in [2.75, 3.05) is 12.4 Å². The minimum absolute atomic E-state index is 0.0822. The van der Waals surface area contributed by atoms with Crippen molar-refractivity contribution in [3.63, 3.8) is 0 Å². The van der Waals surface area contributed by atoms with Gasteiger partial charge in [0.1, 0.15) is 11.6 Å². The van der Waals surface area contributed by atoms with E-state index in [0.717, 1.165) is 16.3 Å². The number of hydrogen-bond acceptors (Lipinski definition) is 4. The lowest BCUT2D eigenvalue weighted by molar-refractivity contribution is 0.102. The van der Waals surface area contributed by atoms with E-state index in [4.69, 9.17) is 16.3 Å². The molecule has 0 spiro atoms. The van der Waals surface area contributed by atoms with Gasteiger partial charge in [-0.05, 0) is 36.4 Å². The van der Waals surface area contributed by atoms with E-state index in [-0.39, 0.29) is 10.6 Å². The topological polar surface area (TPSA) is 51.2 Å². The molecule has 1 amide bonds. The van der Waals surface area contributed by atoms with Crippen molar-refractivity contribution >= 4 is 44.2 Å². The minimum Gasteiger partial charge on any atom is -0.497 e. The molecule has 0 aliphatic carbocycles. The van der Waals surface area contributed by atoms with Crippen molar-refractivity contribution in [2.45, 2.75) is 0 Å². The second kappa shape index (κ2) is 5.90. The number of benzene rings is 2. The lowest BCUT2D eigenvalue weighted by Gasteiger charge is -2.03. The van der Waals surface area contributed by atoms with Gasteiger partial charge in [0, 0.05) is 5.02 Å². The van der Waals surface area contributed by atoms with Crippen molar-refractivity contribution in [3.05, 3.63) is 52.8 Å². The lowest BCUT2D eigenvalue weighted by atomic mass is 10.2. The van der Waals surface area contributed by atoms with Crippen molar-refractivity contribution in [2.24, 2.45) is 0 Å². The molecule has 3 rings (SSSR count). The van der Waals surface area contributed by atoms with Crippen LogP contribution in [-0.4, -0.2) is 18.0 Å². The third-order valence-corrected chi connectivity index (χ3v) is 4.16. The lowest BCUT2D eigenvalue weighted by Crippen LogP contribution is -2.13. The molecule has 0 atom stereocenters. The number of anilines is 1. The van der Waals surface area contributed by atoms with E-state index >= 15 is 0 Å². The van der Waals surface area contributed by atoms with E-state index in [2.05, 4.69) is 10.3 Å². The van der Waals surface area contributed by atoms with Gasteiger partial charge in [-0.2, -0.15) is 0 Å². The molecule has 4 nitrogen and oxygen atoms in total. The zero-order chi connectivity index (χ0) is 15.7. The number of nitrogens with one attached hydrogen (secondary N) is 1. The molecule has 0 saturated heterocycles. The predicted octanol–water partition coefficient (Wildman–Crippen LogP) is 4.35. The number of aromatic nitrogens is 1. The number of carbonyl (C=O) groups is 1. The molecule has 0 fully saturated rings. The molecule has 112 valence electrons. The van der Waals surface area contributed by atoms with Gasteiger partial charge in [0.05, 0.1) is 22.9 Å². The Hall–Kier alpha value is -2.18. The van der Waals surface area contributed by atoms with Crippen LogP contribution in [-0.2, 0) is 0 Å². The smallest absolute Gasteiger partial charge is 0.260 e. The number of rotatable bonds is 3. The highest BCUT2D eigenvalue weighted by molar-refractivity contribution is 7.22. The number of thiazole rings is 1. The van der Waals surface area contributed by atoms with Gasteiger partial charge in [-0.3, -0.25) is 10.1 Å². The third kappa shape index (κ3) is 2.88. The molecule has 2 aromatic carbocycles. The Kier molecular flexibility index (Phi) is 3.96. The summed E-state index contributed by atoms with van der Waals surface area (Å²) in [6, 6.07) is 9.30. The Morgan fingerprint density at radius 1 is 1.32 bits per heavy atom. The van der Waals surface area contributed by atoms with E-state index in [0.29, 0.717) is 10.9 Å². The van der Waals surface area contributed by atoms with Crippen LogP contribution in [0.25, 0.3) is 10.2 Å². The Bertz CT molecular complexity index is 866. The first-order chi connectivity index (χ1) is 10.6. The zero-order valence-corrected chi connectivity index (χ0v) is 13.0. The van der Waals surface area contributed by atoms with Crippen LogP contribution in [0.5, 0.6) is 5.75 Å². The molecule has 0 radical (unpaired) electrons. The van der Waals surface area contributed by atoms with Crippen molar-refractivity contribution in [1.82, 2.24) is 4.98 Å². The SMILES string of the molecule is COc1ccc2nc(NC(=O)c3ccc(Cl)cc3F)sc2c1. The molecule has 1 heterocycles. The van der Waals surface area contributed by atoms with Gasteiger partial charge in [0.25, 0.3) is 5.91 Å². The van der Waals surface area contributed by atoms with Crippen molar-refractivity contribution in [1.29, 1.82) is 0 Å². The maximum atomic E-state index is 13.7. The van der Waals surface area contributed by atoms with E-state index < -0.39 is 11.7 Å². The van der Waals surface area contributed by atoms with Crippen molar-refractivity contribution < 1.29 is 13.9 Å². The quantitative estimate of drug-likeness (QED) is 0.773. The second-order valence-corrected chi connectivity index (χ2v) is 5.90. The van der Waals surface area contributed by atoms with Crippen LogP contribution >= 0.6 is 22.9 Å². The minimum atomic E-state index is -0.673. The Labute approximate surface area is 134 Å². The van der Waals surface area contributed by atoms with Gasteiger partial charge in [-0.25, -0.2) is 9.37 Å². The molecule has 0 bridgehead atoms. The van der Waals surface area contributed by atoms with Crippen LogP contribution < -0.4 is 10.1 Å². The van der Waals surface area contributed by atoms with Crippen LogP contribution in [0.4, 0.5) is 9.52 Å². The molecule has 1 aromatic heterocycles. The number of fused-ring (bicyclic) bond motifs is 1. The van der Waals surface area contributed by atoms with Gasteiger partial charge in [0.2, 0.25) is 0 Å². The number of ether oxygens (including phenoxy) is 1. The van der Waals surface area contributed by atoms with Crippen LogP contribution in [0, 0.1) is 5.82 Å². The monoisotopic (exact) mass is 336 g/mol. The molecule has 22 heavy (non-hydrogen) atoms. The molecule has 7 heteroatoms.